The van der Waals surface area contributed by atoms with Crippen molar-refractivity contribution in [2.45, 2.75) is 258 Å². The van der Waals surface area contributed by atoms with Crippen LogP contribution >= 0.6 is 19.2 Å². The summed E-state index contributed by atoms with van der Waals surface area (Å²) in [5.41, 5.74) is 7.35. The molecule has 0 saturated heterocycles. The smallest absolute Gasteiger partial charge is 0.472 e. The number of ether oxygens (including phenoxy) is 6. The van der Waals surface area contributed by atoms with Gasteiger partial charge < -0.3 is 53.7 Å². The van der Waals surface area contributed by atoms with Gasteiger partial charge in [0.25, 0.3) is 0 Å². The van der Waals surface area contributed by atoms with Crippen molar-refractivity contribution in [3.05, 3.63) is 96.6 Å². The van der Waals surface area contributed by atoms with E-state index in [2.05, 4.69) is 50.0 Å². The summed E-state index contributed by atoms with van der Waals surface area (Å²) in [7, 11) is -0.712. The number of phosphoric acid groups is 1. The van der Waals surface area contributed by atoms with Crippen molar-refractivity contribution in [3.8, 4) is 28.3 Å². The van der Waals surface area contributed by atoms with Crippen LogP contribution in [0.1, 0.15) is 244 Å². The number of phosphoric ester groups is 1. The molecular formula is C86H129N10O15PS. The number of carbonyl (C=O) groups excluding carboxylic acids is 5. The number of nitrogens with zero attached hydrogens (tertiary/aromatic N) is 8. The Bertz CT molecular complexity index is 3760. The standard InChI is InChI=1S/C86H129N10O15PS/c1-5-7-9-11-13-15-17-19-21-23-25-27-29-31-33-46-82(100)108-66-73(111-83(101)47-34-32-30-28-26-24-22-20-18-16-14-12-10-8-6-2)67-110-112(102,103)109-58-55-88-80(98)68-106-61-60-104-57-54-87-79(97)44-39-45-81(99)95-65-69-40-35-36-41-74(69)84-85(75-42-37-38-43-77(75)95)96(93-91-84)56-59-105-62-63-107-72-52-53-76-78(64-72)113-86(89-76)92-90-70-48-50-71(51-49-70)94(3)4/h35-38,40-43,48-53,64,73H,5-34,39,44-47,54-63,65-68H2,1-4H3,(H,87,97)(H,88,98)(H,102,103). The van der Waals surface area contributed by atoms with Crippen LogP contribution in [0.25, 0.3) is 32.7 Å². The first kappa shape index (κ1) is 92.6. The second kappa shape index (κ2) is 55.9. The van der Waals surface area contributed by atoms with Crippen molar-refractivity contribution in [1.29, 1.82) is 0 Å². The second-order valence-electron chi connectivity index (χ2n) is 29.4. The van der Waals surface area contributed by atoms with Gasteiger partial charge in [0.05, 0.1) is 86.6 Å². The van der Waals surface area contributed by atoms with E-state index >= 15 is 0 Å². The molecule has 27 heteroatoms. The van der Waals surface area contributed by atoms with Gasteiger partial charge in [0.2, 0.25) is 22.9 Å². The number of unbranched alkanes of at least 4 members (excludes halogenated alkanes) is 28. The molecule has 3 N–H and O–H groups in total. The van der Waals surface area contributed by atoms with Gasteiger partial charge in [0, 0.05) is 69.7 Å². The summed E-state index contributed by atoms with van der Waals surface area (Å²) in [6.45, 7) is 5.04. The molecule has 0 saturated carbocycles. The molecule has 25 nitrogen and oxygen atoms in total. The largest absolute Gasteiger partial charge is 0.491 e. The van der Waals surface area contributed by atoms with Crippen molar-refractivity contribution in [2.75, 3.05) is 103 Å². The number of rotatable bonds is 64. The third kappa shape index (κ3) is 37.7. The molecular weight excluding hydrogens is 1480 g/mol. The number of para-hydroxylation sites is 1. The van der Waals surface area contributed by atoms with E-state index < -0.39 is 38.4 Å². The number of nitrogens with one attached hydrogen (secondary N) is 2. The topological polar surface area (TPSA) is 295 Å². The van der Waals surface area contributed by atoms with Gasteiger partial charge in [-0.1, -0.05) is 253 Å². The van der Waals surface area contributed by atoms with Crippen LogP contribution in [0.15, 0.2) is 101 Å². The van der Waals surface area contributed by atoms with E-state index in [-0.39, 0.29) is 90.2 Å². The molecule has 0 spiro atoms. The van der Waals surface area contributed by atoms with E-state index in [0.29, 0.717) is 74.4 Å². The molecule has 2 aromatic heterocycles. The lowest BCUT2D eigenvalue weighted by Gasteiger charge is -2.29. The highest BCUT2D eigenvalue weighted by Crippen LogP contribution is 2.44. The lowest BCUT2D eigenvalue weighted by atomic mass is 9.95. The first-order valence-corrected chi connectivity index (χ1v) is 44.4. The number of fused-ring (bicyclic) bond motifs is 6. The van der Waals surface area contributed by atoms with E-state index in [1.165, 1.54) is 153 Å². The minimum atomic E-state index is -4.69. The van der Waals surface area contributed by atoms with E-state index in [1.54, 1.807) is 4.90 Å². The van der Waals surface area contributed by atoms with Gasteiger partial charge in [-0.25, -0.2) is 14.2 Å². The summed E-state index contributed by atoms with van der Waals surface area (Å²) in [4.78, 5) is 84.5. The molecule has 113 heavy (non-hydrogen) atoms. The zero-order chi connectivity index (χ0) is 80.2. The molecule has 0 aliphatic carbocycles. The number of benzene rings is 4. The highest BCUT2D eigenvalue weighted by atomic mass is 32.1. The predicted molar refractivity (Wildman–Crippen MR) is 446 cm³/mol. The Labute approximate surface area is 675 Å². The molecule has 7 rings (SSSR count). The van der Waals surface area contributed by atoms with Crippen LogP contribution < -0.4 is 25.2 Å². The Morgan fingerprint density at radius 1 is 0.566 bits per heavy atom. The molecule has 1 aliphatic rings. The maximum absolute atomic E-state index is 14.3. The molecule has 0 radical (unpaired) electrons. The van der Waals surface area contributed by atoms with E-state index in [1.807, 2.05) is 115 Å². The Morgan fingerprint density at radius 2 is 1.13 bits per heavy atom. The number of hydrogen-bond donors (Lipinski definition) is 3. The van der Waals surface area contributed by atoms with Crippen LogP contribution in [0.2, 0.25) is 0 Å². The minimum Gasteiger partial charge on any atom is -0.491 e. The average Bonchev–Trinajstić information content (AvgIpc) is 1.68. The summed E-state index contributed by atoms with van der Waals surface area (Å²) >= 11 is 1.43. The lowest BCUT2D eigenvalue weighted by molar-refractivity contribution is -0.161. The zero-order valence-electron chi connectivity index (χ0n) is 68.0. The van der Waals surface area contributed by atoms with E-state index in [4.69, 9.17) is 37.5 Å². The quantitative estimate of drug-likeness (QED) is 0.0138. The van der Waals surface area contributed by atoms with Gasteiger partial charge in [-0.05, 0) is 73.4 Å². The van der Waals surface area contributed by atoms with Crippen LogP contribution in [0.5, 0.6) is 5.75 Å². The fourth-order valence-corrected chi connectivity index (χ4v) is 15.0. The molecule has 2 unspecified atom stereocenters. The third-order valence-electron chi connectivity index (χ3n) is 19.8. The molecule has 624 valence electrons. The summed E-state index contributed by atoms with van der Waals surface area (Å²) in [6, 6.07) is 29.1. The Kier molecular flexibility index (Phi) is 45.8. The molecule has 0 bridgehead atoms. The van der Waals surface area contributed by atoms with Crippen molar-refractivity contribution in [2.24, 2.45) is 10.2 Å². The van der Waals surface area contributed by atoms with Gasteiger partial charge in [0.1, 0.15) is 31.3 Å². The molecule has 3 amide bonds. The third-order valence-corrected chi connectivity index (χ3v) is 21.7. The molecule has 3 heterocycles. The first-order chi connectivity index (χ1) is 55.2. The summed E-state index contributed by atoms with van der Waals surface area (Å²) in [6.07, 6.45) is 35.9. The fourth-order valence-electron chi connectivity index (χ4n) is 13.4. The lowest BCUT2D eigenvalue weighted by Crippen LogP contribution is -2.32. The monoisotopic (exact) mass is 1600 g/mol. The van der Waals surface area contributed by atoms with Gasteiger partial charge >= 0.3 is 19.8 Å². The van der Waals surface area contributed by atoms with Gasteiger partial charge in [-0.3, -0.25) is 33.0 Å². The molecule has 2 atom stereocenters. The maximum atomic E-state index is 14.3. The van der Waals surface area contributed by atoms with Gasteiger partial charge in [-0.2, -0.15) is 0 Å². The molecule has 0 fully saturated rings. The Balaban J connectivity index is 0.734. The maximum Gasteiger partial charge on any atom is 0.472 e. The second-order valence-corrected chi connectivity index (χ2v) is 31.8. The summed E-state index contributed by atoms with van der Waals surface area (Å²) in [5.74, 6) is -1.13. The number of esters is 2. The normalized spacial score (nSPS) is 12.7. The summed E-state index contributed by atoms with van der Waals surface area (Å²) in [5, 5.41) is 24.0. The zero-order valence-corrected chi connectivity index (χ0v) is 69.7. The Morgan fingerprint density at radius 3 is 1.78 bits per heavy atom. The van der Waals surface area contributed by atoms with Crippen molar-refractivity contribution in [1.82, 2.24) is 30.6 Å². The number of anilines is 2. The number of amides is 3. The van der Waals surface area contributed by atoms with Crippen molar-refractivity contribution in [3.63, 3.8) is 0 Å². The SMILES string of the molecule is CCCCCCCCCCCCCCCCCC(=O)OCC(COP(=O)(O)OCCNC(=O)COCCOCCNC(=O)CCCC(=O)N1Cc2ccccc2-c2nnn(CCOCCOc3ccc4nc(N=Nc5ccc(N(C)C)cc5)sc4c3)c2-c2ccccc21)OC(=O)CCCCCCCCCCCCCCCCC. The Hall–Kier alpha value is -7.55. The number of aromatic nitrogens is 4. The minimum absolute atomic E-state index is 0.0780. The first-order valence-electron chi connectivity index (χ1n) is 42.1. The van der Waals surface area contributed by atoms with Crippen LogP contribution in [0.3, 0.4) is 0 Å². The van der Waals surface area contributed by atoms with Gasteiger partial charge in [-0.15, -0.1) is 15.3 Å². The van der Waals surface area contributed by atoms with Crippen molar-refractivity contribution < 1.29 is 70.9 Å². The molecule has 6 aromatic rings. The van der Waals surface area contributed by atoms with Crippen LogP contribution in [-0.4, -0.2) is 154 Å². The average molecular weight is 1610 g/mol. The van der Waals surface area contributed by atoms with Crippen molar-refractivity contribution >= 4 is 81.2 Å². The molecule has 1 aliphatic heterocycles. The number of carbonyl (C=O) groups is 5. The van der Waals surface area contributed by atoms with E-state index in [0.717, 1.165) is 82.5 Å². The number of azo groups is 1. The van der Waals surface area contributed by atoms with Crippen LogP contribution in [-0.2, 0) is 74.4 Å². The predicted octanol–water partition coefficient (Wildman–Crippen LogP) is 19.2. The van der Waals surface area contributed by atoms with E-state index in [9.17, 15) is 33.4 Å². The molecule has 4 aromatic carbocycles. The fraction of sp³-hybridized carbons (Fsp3) is 0.628. The van der Waals surface area contributed by atoms with Crippen LogP contribution in [0.4, 0.5) is 22.2 Å². The number of hydrogen-bond acceptors (Lipinski definition) is 21. The highest BCUT2D eigenvalue weighted by molar-refractivity contribution is 7.47. The van der Waals surface area contributed by atoms with Gasteiger partial charge in [0.15, 0.2) is 6.10 Å². The van der Waals surface area contributed by atoms with Crippen LogP contribution in [0, 0.1) is 0 Å². The highest BCUT2D eigenvalue weighted by Gasteiger charge is 2.30. The number of thiazole rings is 1. The summed E-state index contributed by atoms with van der Waals surface area (Å²) < 4.78 is 60.3.